The van der Waals surface area contributed by atoms with Crippen molar-refractivity contribution >= 4 is 55.8 Å². The Bertz CT molecular complexity index is 1550. The molecular weight excluding hydrogens is 599 g/mol. The van der Waals surface area contributed by atoms with Gasteiger partial charge in [0.25, 0.3) is 11.8 Å². The maximum Gasteiger partial charge on any atom is 0.266 e. The average Bonchev–Trinajstić information content (AvgIpc) is 3.30. The lowest BCUT2D eigenvalue weighted by molar-refractivity contribution is -0.118. The number of hydrogen-bond acceptors (Lipinski definition) is 7. The standard InChI is InChI=1S/C29H24BrFN4O4S/c1-2-38-24-12-17(23(30)13-25(24)39-16-27(36)34-20-9-7-19(31)8-10-20)11-18(14-32)28(37)35-29-22(15-33)21-5-3-4-6-26(21)40-29/h7-13H,2-6,16H2,1H3,(H,34,36)(H,35,37)/b18-11+. The third-order valence-corrected chi connectivity index (χ3v) is 7.92. The van der Waals surface area contributed by atoms with Gasteiger partial charge in [0.05, 0.1) is 12.2 Å². The maximum absolute atomic E-state index is 13.1. The largest absolute Gasteiger partial charge is 0.490 e. The van der Waals surface area contributed by atoms with Gasteiger partial charge in [-0.2, -0.15) is 10.5 Å². The SMILES string of the molecule is CCOc1cc(/C=C(\C#N)C(=O)Nc2sc3c(c2C#N)CCCC3)c(Br)cc1OCC(=O)Nc1ccc(F)cc1. The minimum absolute atomic E-state index is 0.161. The highest BCUT2D eigenvalue weighted by atomic mass is 79.9. The number of nitrogens with one attached hydrogen (secondary N) is 2. The molecule has 4 rings (SSSR count). The fourth-order valence-corrected chi connectivity index (χ4v) is 5.83. The number of nitrogens with zero attached hydrogens (tertiary/aromatic N) is 2. The van der Waals surface area contributed by atoms with Crippen LogP contribution in [0.2, 0.25) is 0 Å². The third kappa shape index (κ3) is 6.87. The van der Waals surface area contributed by atoms with Crippen LogP contribution in [0.25, 0.3) is 6.08 Å². The van der Waals surface area contributed by atoms with Crippen molar-refractivity contribution in [3.05, 3.63) is 73.8 Å². The predicted octanol–water partition coefficient (Wildman–Crippen LogP) is 6.36. The lowest BCUT2D eigenvalue weighted by atomic mass is 9.96. The van der Waals surface area contributed by atoms with E-state index >= 15 is 0 Å². The maximum atomic E-state index is 13.1. The second kappa shape index (κ2) is 13.2. The number of carbonyl (C=O) groups excluding carboxylic acids is 2. The summed E-state index contributed by atoms with van der Waals surface area (Å²) in [6.45, 7) is 1.75. The monoisotopic (exact) mass is 622 g/mol. The summed E-state index contributed by atoms with van der Waals surface area (Å²) in [6, 6.07) is 12.6. The molecule has 1 aliphatic rings. The van der Waals surface area contributed by atoms with Crippen LogP contribution in [0.1, 0.15) is 41.3 Å². The van der Waals surface area contributed by atoms with Gasteiger partial charge in [-0.15, -0.1) is 11.3 Å². The van der Waals surface area contributed by atoms with E-state index in [2.05, 4.69) is 32.6 Å². The summed E-state index contributed by atoms with van der Waals surface area (Å²) in [5.41, 5.74) is 2.20. The first kappa shape index (κ1) is 28.8. The van der Waals surface area contributed by atoms with Gasteiger partial charge >= 0.3 is 0 Å². The van der Waals surface area contributed by atoms with E-state index < -0.39 is 17.6 Å². The lowest BCUT2D eigenvalue weighted by Gasteiger charge is -2.14. The van der Waals surface area contributed by atoms with Crippen LogP contribution in [0.3, 0.4) is 0 Å². The Morgan fingerprint density at radius 1 is 1.10 bits per heavy atom. The van der Waals surface area contributed by atoms with E-state index in [-0.39, 0.29) is 17.9 Å². The molecule has 1 aliphatic carbocycles. The number of carbonyl (C=O) groups is 2. The van der Waals surface area contributed by atoms with Gasteiger partial charge in [0, 0.05) is 15.0 Å². The summed E-state index contributed by atoms with van der Waals surface area (Å²) in [4.78, 5) is 26.4. The van der Waals surface area contributed by atoms with E-state index in [4.69, 9.17) is 9.47 Å². The van der Waals surface area contributed by atoms with Crippen LogP contribution in [0.15, 0.2) is 46.4 Å². The van der Waals surface area contributed by atoms with Crippen LogP contribution in [0, 0.1) is 28.5 Å². The molecule has 0 atom stereocenters. The van der Waals surface area contributed by atoms with Crippen LogP contribution < -0.4 is 20.1 Å². The molecule has 0 radical (unpaired) electrons. The van der Waals surface area contributed by atoms with E-state index in [1.54, 1.807) is 19.1 Å². The number of ether oxygens (including phenoxy) is 2. The molecule has 8 nitrogen and oxygen atoms in total. The van der Waals surface area contributed by atoms with Gasteiger partial charge in [0.1, 0.15) is 28.5 Å². The van der Waals surface area contributed by atoms with Crippen molar-refractivity contribution in [1.29, 1.82) is 10.5 Å². The summed E-state index contributed by atoms with van der Waals surface area (Å²) in [7, 11) is 0. The molecule has 2 N–H and O–H groups in total. The molecule has 0 unspecified atom stereocenters. The number of anilines is 2. The highest BCUT2D eigenvalue weighted by Gasteiger charge is 2.23. The zero-order chi connectivity index (χ0) is 28.6. The smallest absolute Gasteiger partial charge is 0.266 e. The Balaban J connectivity index is 1.51. The Labute approximate surface area is 243 Å². The zero-order valence-corrected chi connectivity index (χ0v) is 23.9. The van der Waals surface area contributed by atoms with Gasteiger partial charge in [-0.25, -0.2) is 4.39 Å². The van der Waals surface area contributed by atoms with E-state index in [0.717, 1.165) is 36.1 Å². The minimum atomic E-state index is -0.625. The fraction of sp³-hybridized carbons (Fsp3) is 0.241. The molecule has 0 bridgehead atoms. The Morgan fingerprint density at radius 3 is 2.52 bits per heavy atom. The van der Waals surface area contributed by atoms with E-state index in [9.17, 15) is 24.5 Å². The number of hydrogen-bond donors (Lipinski definition) is 2. The van der Waals surface area contributed by atoms with Crippen molar-refractivity contribution in [1.82, 2.24) is 0 Å². The van der Waals surface area contributed by atoms with Gasteiger partial charge in [-0.3, -0.25) is 9.59 Å². The number of benzene rings is 2. The first-order valence-corrected chi connectivity index (χ1v) is 14.1. The molecule has 0 saturated carbocycles. The number of nitriles is 2. The predicted molar refractivity (Wildman–Crippen MR) is 154 cm³/mol. The summed E-state index contributed by atoms with van der Waals surface area (Å²) >= 11 is 4.82. The topological polar surface area (TPSA) is 124 Å². The van der Waals surface area contributed by atoms with Crippen LogP contribution in [-0.2, 0) is 22.4 Å². The van der Waals surface area contributed by atoms with Crippen LogP contribution >= 0.6 is 27.3 Å². The quantitative estimate of drug-likeness (QED) is 0.211. The molecule has 1 aromatic heterocycles. The Hall–Kier alpha value is -4.19. The average molecular weight is 624 g/mol. The molecule has 2 amide bonds. The first-order valence-electron chi connectivity index (χ1n) is 12.4. The van der Waals surface area contributed by atoms with Crippen molar-refractivity contribution in [2.24, 2.45) is 0 Å². The van der Waals surface area contributed by atoms with Crippen LogP contribution in [0.4, 0.5) is 15.1 Å². The molecule has 204 valence electrons. The van der Waals surface area contributed by atoms with Crippen molar-refractivity contribution in [2.75, 3.05) is 23.8 Å². The summed E-state index contributed by atoms with van der Waals surface area (Å²) in [5, 5.41) is 25.2. The number of rotatable bonds is 9. The summed E-state index contributed by atoms with van der Waals surface area (Å²) < 4.78 is 24.9. The molecule has 2 aromatic carbocycles. The van der Waals surface area contributed by atoms with Gasteiger partial charge in [-0.05, 0) is 86.2 Å². The van der Waals surface area contributed by atoms with Gasteiger partial charge in [0.2, 0.25) is 0 Å². The normalized spacial score (nSPS) is 12.5. The van der Waals surface area contributed by atoms with E-state index in [0.29, 0.717) is 38.6 Å². The fourth-order valence-electron chi connectivity index (χ4n) is 4.16. The van der Waals surface area contributed by atoms with Gasteiger partial charge in [0.15, 0.2) is 18.1 Å². The minimum Gasteiger partial charge on any atom is -0.490 e. The van der Waals surface area contributed by atoms with Crippen molar-refractivity contribution in [3.63, 3.8) is 0 Å². The van der Waals surface area contributed by atoms with Crippen molar-refractivity contribution < 1.29 is 23.5 Å². The second-order valence-electron chi connectivity index (χ2n) is 8.75. The van der Waals surface area contributed by atoms with E-state index in [1.165, 1.54) is 41.7 Å². The number of aryl methyl sites for hydroxylation is 1. The van der Waals surface area contributed by atoms with E-state index in [1.807, 2.05) is 6.07 Å². The first-order chi connectivity index (χ1) is 19.3. The lowest BCUT2D eigenvalue weighted by Crippen LogP contribution is -2.20. The van der Waals surface area contributed by atoms with Crippen molar-refractivity contribution in [3.8, 4) is 23.6 Å². The number of amides is 2. The molecule has 0 fully saturated rings. The highest BCUT2D eigenvalue weighted by Crippen LogP contribution is 2.38. The second-order valence-corrected chi connectivity index (χ2v) is 10.7. The van der Waals surface area contributed by atoms with Gasteiger partial charge in [-0.1, -0.05) is 15.9 Å². The Morgan fingerprint density at radius 2 is 1.82 bits per heavy atom. The molecule has 40 heavy (non-hydrogen) atoms. The molecular formula is C29H24BrFN4O4S. The molecule has 0 spiro atoms. The molecule has 3 aromatic rings. The molecule has 11 heteroatoms. The van der Waals surface area contributed by atoms with Crippen LogP contribution in [0.5, 0.6) is 11.5 Å². The van der Waals surface area contributed by atoms with Gasteiger partial charge < -0.3 is 20.1 Å². The molecule has 0 saturated heterocycles. The van der Waals surface area contributed by atoms with Crippen molar-refractivity contribution in [2.45, 2.75) is 32.6 Å². The third-order valence-electron chi connectivity index (χ3n) is 6.02. The zero-order valence-electron chi connectivity index (χ0n) is 21.5. The molecule has 1 heterocycles. The number of fused-ring (bicyclic) bond motifs is 1. The summed E-state index contributed by atoms with van der Waals surface area (Å²) in [5.74, 6) is -0.915. The number of thiophene rings is 1. The van der Waals surface area contributed by atoms with Crippen LogP contribution in [-0.4, -0.2) is 25.0 Å². The highest BCUT2D eigenvalue weighted by molar-refractivity contribution is 9.10. The molecule has 0 aliphatic heterocycles. The Kier molecular flexibility index (Phi) is 9.54. The number of halogens is 2. The summed E-state index contributed by atoms with van der Waals surface area (Å²) in [6.07, 6.45) is 5.14.